The van der Waals surface area contributed by atoms with Gasteiger partial charge in [0.05, 0.1) is 23.8 Å². The van der Waals surface area contributed by atoms with Gasteiger partial charge in [-0.3, -0.25) is 10.1 Å². The van der Waals surface area contributed by atoms with Crippen LogP contribution in [0.15, 0.2) is 41.1 Å². The van der Waals surface area contributed by atoms with E-state index in [1.54, 1.807) is 36.6 Å². The fraction of sp³-hybridized carbons (Fsp3) is 0.222. The molecule has 0 saturated heterocycles. The molecule has 25 heavy (non-hydrogen) atoms. The molecule has 1 N–H and O–H groups in total. The predicted octanol–water partition coefficient (Wildman–Crippen LogP) is 4.92. The van der Waals surface area contributed by atoms with Crippen molar-refractivity contribution in [3.8, 4) is 22.1 Å². The summed E-state index contributed by atoms with van der Waals surface area (Å²) < 4.78 is 11.0. The van der Waals surface area contributed by atoms with Crippen molar-refractivity contribution >= 4 is 33.7 Å². The number of nitrogens with one attached hydrogen (secondary N) is 1. The van der Waals surface area contributed by atoms with E-state index in [0.717, 1.165) is 10.6 Å². The van der Waals surface area contributed by atoms with Crippen LogP contribution in [0.1, 0.15) is 24.2 Å². The molecule has 0 radical (unpaired) electrons. The Hall–Kier alpha value is -2.38. The largest absolute Gasteiger partial charge is 0.493 e. The Bertz CT molecular complexity index is 857. The van der Waals surface area contributed by atoms with Crippen LogP contribution in [-0.4, -0.2) is 24.1 Å². The summed E-state index contributed by atoms with van der Waals surface area (Å²) in [5.74, 6) is 0.907. The molecule has 3 aromatic rings. The zero-order chi connectivity index (χ0) is 17.8. The number of anilines is 1. The van der Waals surface area contributed by atoms with Gasteiger partial charge in [0.15, 0.2) is 16.6 Å². The molecule has 2 heterocycles. The first-order valence-electron chi connectivity index (χ1n) is 7.72. The molecule has 0 aliphatic carbocycles. The van der Waals surface area contributed by atoms with Crippen LogP contribution in [0.5, 0.6) is 11.5 Å². The summed E-state index contributed by atoms with van der Waals surface area (Å²) in [7, 11) is 1.55. The van der Waals surface area contributed by atoms with Gasteiger partial charge in [-0.15, -0.1) is 22.7 Å². The van der Waals surface area contributed by atoms with E-state index in [1.807, 2.05) is 36.7 Å². The Morgan fingerprint density at radius 1 is 1.20 bits per heavy atom. The number of nitrogens with zero attached hydrogens (tertiary/aromatic N) is 1. The quantitative estimate of drug-likeness (QED) is 0.665. The molecule has 7 heteroatoms. The van der Waals surface area contributed by atoms with Gasteiger partial charge in [0.25, 0.3) is 5.91 Å². The van der Waals surface area contributed by atoms with Crippen LogP contribution in [0.2, 0.25) is 0 Å². The number of rotatable bonds is 6. The van der Waals surface area contributed by atoms with Gasteiger partial charge in [0, 0.05) is 10.9 Å². The molecule has 0 atom stereocenters. The van der Waals surface area contributed by atoms with Crippen LogP contribution in [0.4, 0.5) is 5.13 Å². The van der Waals surface area contributed by atoms with E-state index < -0.39 is 0 Å². The lowest BCUT2D eigenvalue weighted by Gasteiger charge is -2.14. The van der Waals surface area contributed by atoms with E-state index >= 15 is 0 Å². The minimum Gasteiger partial charge on any atom is -0.493 e. The summed E-state index contributed by atoms with van der Waals surface area (Å²) in [6.45, 7) is 3.88. The minimum absolute atomic E-state index is 0.0274. The molecule has 5 nitrogen and oxygen atoms in total. The number of hydrogen-bond acceptors (Lipinski definition) is 6. The average Bonchev–Trinajstić information content (AvgIpc) is 3.25. The smallest absolute Gasteiger partial charge is 0.257 e. The van der Waals surface area contributed by atoms with Gasteiger partial charge in [0.1, 0.15) is 0 Å². The standard InChI is InChI=1S/C18H18N2O3S2/c1-11(2)23-14-7-6-12(9-15(14)22-3)17(21)20-18-19-13(10-25-18)16-5-4-8-24-16/h4-11H,1-3H3,(H,19,20,21). The molecule has 0 unspecified atom stereocenters. The zero-order valence-corrected chi connectivity index (χ0v) is 15.7. The summed E-state index contributed by atoms with van der Waals surface area (Å²) in [4.78, 5) is 18.0. The number of thiophene rings is 1. The Kier molecular flexibility index (Phi) is 5.35. The van der Waals surface area contributed by atoms with E-state index in [9.17, 15) is 4.79 Å². The molecule has 0 spiro atoms. The molecule has 0 saturated carbocycles. The normalized spacial score (nSPS) is 10.7. The highest BCUT2D eigenvalue weighted by atomic mass is 32.1. The molecule has 1 aromatic carbocycles. The van der Waals surface area contributed by atoms with Crippen LogP contribution < -0.4 is 14.8 Å². The van der Waals surface area contributed by atoms with Crippen LogP contribution in [0, 0.1) is 0 Å². The number of carbonyl (C=O) groups is 1. The fourth-order valence-electron chi connectivity index (χ4n) is 2.20. The van der Waals surface area contributed by atoms with Crippen molar-refractivity contribution in [1.82, 2.24) is 4.98 Å². The average molecular weight is 374 g/mol. The van der Waals surface area contributed by atoms with Gasteiger partial charge >= 0.3 is 0 Å². The highest BCUT2D eigenvalue weighted by Crippen LogP contribution is 2.31. The number of hydrogen-bond donors (Lipinski definition) is 1. The van der Waals surface area contributed by atoms with Crippen molar-refractivity contribution < 1.29 is 14.3 Å². The Balaban J connectivity index is 1.75. The van der Waals surface area contributed by atoms with E-state index in [4.69, 9.17) is 9.47 Å². The van der Waals surface area contributed by atoms with E-state index in [0.29, 0.717) is 22.2 Å². The summed E-state index contributed by atoms with van der Waals surface area (Å²) >= 11 is 3.02. The van der Waals surface area contributed by atoms with E-state index in [1.165, 1.54) is 11.3 Å². The molecule has 0 fully saturated rings. The van der Waals surface area contributed by atoms with E-state index in [2.05, 4.69) is 10.3 Å². The number of carbonyl (C=O) groups excluding carboxylic acids is 1. The number of ether oxygens (including phenoxy) is 2. The summed E-state index contributed by atoms with van der Waals surface area (Å²) in [5.41, 5.74) is 1.36. The third-order valence-corrected chi connectivity index (χ3v) is 4.94. The molecular weight excluding hydrogens is 356 g/mol. The third-order valence-electron chi connectivity index (χ3n) is 3.29. The lowest BCUT2D eigenvalue weighted by molar-refractivity contribution is 0.102. The van der Waals surface area contributed by atoms with Gasteiger partial charge in [0.2, 0.25) is 0 Å². The topological polar surface area (TPSA) is 60.5 Å². The van der Waals surface area contributed by atoms with Gasteiger partial charge in [-0.1, -0.05) is 6.07 Å². The SMILES string of the molecule is COc1cc(C(=O)Nc2nc(-c3cccs3)cs2)ccc1OC(C)C. The van der Waals surface area contributed by atoms with Crippen LogP contribution in [0.3, 0.4) is 0 Å². The molecule has 0 aliphatic rings. The lowest BCUT2D eigenvalue weighted by atomic mass is 10.2. The van der Waals surface area contributed by atoms with Crippen molar-refractivity contribution in [3.63, 3.8) is 0 Å². The second-order valence-electron chi connectivity index (χ2n) is 5.50. The molecule has 0 bridgehead atoms. The highest BCUT2D eigenvalue weighted by Gasteiger charge is 2.14. The van der Waals surface area contributed by atoms with Crippen molar-refractivity contribution in [2.75, 3.05) is 12.4 Å². The van der Waals surface area contributed by atoms with Gasteiger partial charge < -0.3 is 9.47 Å². The molecular formula is C18H18N2O3S2. The predicted molar refractivity (Wildman–Crippen MR) is 102 cm³/mol. The third kappa shape index (κ3) is 4.18. The lowest BCUT2D eigenvalue weighted by Crippen LogP contribution is -2.12. The first kappa shape index (κ1) is 17.4. The number of aromatic nitrogens is 1. The van der Waals surface area contributed by atoms with Gasteiger partial charge in [-0.05, 0) is 43.5 Å². The van der Waals surface area contributed by atoms with Crippen molar-refractivity contribution in [2.45, 2.75) is 20.0 Å². The van der Waals surface area contributed by atoms with Crippen LogP contribution in [-0.2, 0) is 0 Å². The molecule has 130 valence electrons. The molecule has 2 aromatic heterocycles. The number of thiazole rings is 1. The maximum absolute atomic E-state index is 12.5. The van der Waals surface area contributed by atoms with E-state index in [-0.39, 0.29) is 12.0 Å². The monoisotopic (exact) mass is 374 g/mol. The number of benzene rings is 1. The van der Waals surface area contributed by atoms with Crippen LogP contribution in [0.25, 0.3) is 10.6 Å². The maximum Gasteiger partial charge on any atom is 0.257 e. The van der Waals surface area contributed by atoms with Crippen molar-refractivity contribution in [3.05, 3.63) is 46.7 Å². The Morgan fingerprint density at radius 2 is 2.04 bits per heavy atom. The number of methoxy groups -OCH3 is 1. The van der Waals surface area contributed by atoms with Crippen LogP contribution >= 0.6 is 22.7 Å². The minimum atomic E-state index is -0.235. The maximum atomic E-state index is 12.5. The van der Waals surface area contributed by atoms with Crippen molar-refractivity contribution in [1.29, 1.82) is 0 Å². The summed E-state index contributed by atoms with van der Waals surface area (Å²) in [5, 5.41) is 7.33. The first-order chi connectivity index (χ1) is 12.1. The van der Waals surface area contributed by atoms with Gasteiger partial charge in [-0.2, -0.15) is 0 Å². The molecule has 3 rings (SSSR count). The first-order valence-corrected chi connectivity index (χ1v) is 9.48. The zero-order valence-electron chi connectivity index (χ0n) is 14.1. The van der Waals surface area contributed by atoms with Gasteiger partial charge in [-0.25, -0.2) is 4.98 Å². The highest BCUT2D eigenvalue weighted by molar-refractivity contribution is 7.16. The second-order valence-corrected chi connectivity index (χ2v) is 7.31. The number of amides is 1. The summed E-state index contributed by atoms with van der Waals surface area (Å²) in [6, 6.07) is 9.10. The Labute approximate surface area is 154 Å². The molecule has 0 aliphatic heterocycles. The summed E-state index contributed by atoms with van der Waals surface area (Å²) in [6.07, 6.45) is 0.0274. The Morgan fingerprint density at radius 3 is 2.72 bits per heavy atom. The molecule has 1 amide bonds. The second kappa shape index (κ2) is 7.67. The fourth-order valence-corrected chi connectivity index (χ4v) is 3.66. The van der Waals surface area contributed by atoms with Crippen molar-refractivity contribution in [2.24, 2.45) is 0 Å².